The summed E-state index contributed by atoms with van der Waals surface area (Å²) in [5.74, 6) is -1.17. The minimum atomic E-state index is -4.62. The highest BCUT2D eigenvalue weighted by molar-refractivity contribution is 6.01. The average molecular weight is 459 g/mol. The Bertz CT molecular complexity index is 1380. The van der Waals surface area contributed by atoms with Crippen LogP contribution in [0.1, 0.15) is 15.9 Å². The molecule has 0 radical (unpaired) electrons. The van der Waals surface area contributed by atoms with E-state index in [1.807, 2.05) is 0 Å². The molecule has 0 unspecified atom stereocenters. The summed E-state index contributed by atoms with van der Waals surface area (Å²) in [5, 5.41) is 8.28. The van der Waals surface area contributed by atoms with Crippen LogP contribution in [0.15, 0.2) is 49.1 Å². The predicted octanol–water partition coefficient (Wildman–Crippen LogP) is 3.99. The number of rotatable bonds is 4. The van der Waals surface area contributed by atoms with E-state index in [9.17, 15) is 27.2 Å². The van der Waals surface area contributed by atoms with Crippen molar-refractivity contribution in [1.82, 2.24) is 19.6 Å². The van der Waals surface area contributed by atoms with Gasteiger partial charge >= 0.3 is 12.2 Å². The lowest BCUT2D eigenvalue weighted by Crippen LogP contribution is -2.21. The van der Waals surface area contributed by atoms with Crippen LogP contribution in [0.2, 0.25) is 0 Å². The molecule has 3 heterocycles. The molecule has 0 saturated heterocycles. The summed E-state index contributed by atoms with van der Waals surface area (Å²) < 4.78 is 54.4. The lowest BCUT2D eigenvalue weighted by molar-refractivity contribution is -0.137. The van der Waals surface area contributed by atoms with Gasteiger partial charge in [0, 0.05) is 23.5 Å². The van der Waals surface area contributed by atoms with E-state index in [1.54, 1.807) is 0 Å². The van der Waals surface area contributed by atoms with Gasteiger partial charge in [0.15, 0.2) is 12.1 Å². The van der Waals surface area contributed by atoms with Crippen LogP contribution in [0.5, 0.6) is 0 Å². The van der Waals surface area contributed by atoms with Crippen molar-refractivity contribution in [2.45, 2.75) is 6.18 Å². The molecule has 4 aromatic rings. The van der Waals surface area contributed by atoms with Crippen LogP contribution < -0.4 is 16.4 Å². The Morgan fingerprint density at radius 1 is 1.12 bits per heavy atom. The summed E-state index contributed by atoms with van der Waals surface area (Å²) in [7, 11) is 0. The van der Waals surface area contributed by atoms with E-state index >= 15 is 0 Å². The number of urea groups is 1. The number of fused-ring (bicyclic) bond motifs is 1. The molecule has 0 aliphatic heterocycles. The molecule has 4 rings (SSSR count). The first-order chi connectivity index (χ1) is 15.7. The Balaban J connectivity index is 1.59. The molecule has 9 nitrogen and oxygen atoms in total. The number of aromatic nitrogens is 4. The number of hydrogen-bond donors (Lipinski definition) is 3. The van der Waals surface area contributed by atoms with Crippen LogP contribution in [0, 0.1) is 5.82 Å². The summed E-state index contributed by atoms with van der Waals surface area (Å²) in [5.41, 5.74) is 5.68. The lowest BCUT2D eigenvalue weighted by Gasteiger charge is -2.11. The maximum absolute atomic E-state index is 14.7. The molecule has 3 aromatic heterocycles. The summed E-state index contributed by atoms with van der Waals surface area (Å²) in [6.07, 6.45) is -0.559. The van der Waals surface area contributed by atoms with Crippen molar-refractivity contribution in [3.8, 4) is 11.1 Å². The minimum absolute atomic E-state index is 0.0728. The zero-order chi connectivity index (χ0) is 23.8. The number of hydrogen-bond acceptors (Lipinski definition) is 6. The summed E-state index contributed by atoms with van der Waals surface area (Å²) in [4.78, 5) is 31.1. The van der Waals surface area contributed by atoms with Crippen molar-refractivity contribution in [1.29, 1.82) is 0 Å². The fourth-order valence-electron chi connectivity index (χ4n) is 3.16. The summed E-state index contributed by atoms with van der Waals surface area (Å²) >= 11 is 0. The number of nitrogens with zero attached hydrogens (tertiary/aromatic N) is 4. The monoisotopic (exact) mass is 459 g/mol. The smallest absolute Gasteiger partial charge is 0.382 e. The normalized spacial score (nSPS) is 11.4. The number of nitrogens with one attached hydrogen (secondary N) is 2. The first-order valence-electron chi connectivity index (χ1n) is 9.15. The molecule has 2 amide bonds. The molecule has 1 aromatic carbocycles. The molecule has 0 saturated carbocycles. The number of nitrogens with two attached hydrogens (primary N) is 1. The van der Waals surface area contributed by atoms with Crippen LogP contribution in [-0.2, 0) is 6.18 Å². The molecule has 0 atom stereocenters. The second-order valence-corrected chi connectivity index (χ2v) is 6.72. The van der Waals surface area contributed by atoms with Gasteiger partial charge in [0.1, 0.15) is 23.5 Å². The Morgan fingerprint density at radius 2 is 1.91 bits per heavy atom. The van der Waals surface area contributed by atoms with Gasteiger partial charge in [-0.05, 0) is 29.8 Å². The number of halogens is 4. The van der Waals surface area contributed by atoms with Crippen LogP contribution in [0.3, 0.4) is 0 Å². The molecule has 4 N–H and O–H groups in total. The zero-order valence-corrected chi connectivity index (χ0v) is 16.4. The Labute approximate surface area is 182 Å². The van der Waals surface area contributed by atoms with Crippen LogP contribution in [0.25, 0.3) is 16.6 Å². The quantitative estimate of drug-likeness (QED) is 0.313. The Morgan fingerprint density at radius 3 is 2.61 bits per heavy atom. The predicted molar refractivity (Wildman–Crippen MR) is 110 cm³/mol. The van der Waals surface area contributed by atoms with E-state index in [4.69, 9.17) is 5.73 Å². The molecule has 0 fully saturated rings. The van der Waals surface area contributed by atoms with Crippen LogP contribution in [-0.4, -0.2) is 31.9 Å². The average Bonchev–Trinajstić information content (AvgIpc) is 3.15. The van der Waals surface area contributed by atoms with Gasteiger partial charge in [0.2, 0.25) is 0 Å². The second kappa shape index (κ2) is 8.18. The number of carbonyl (C=O) groups is 2. The van der Waals surface area contributed by atoms with Crippen molar-refractivity contribution < 1.29 is 27.2 Å². The lowest BCUT2D eigenvalue weighted by atomic mass is 10.0. The van der Waals surface area contributed by atoms with Crippen molar-refractivity contribution in [2.24, 2.45) is 0 Å². The molecular weight excluding hydrogens is 446 g/mol. The minimum Gasteiger partial charge on any atom is -0.382 e. The number of alkyl halides is 3. The van der Waals surface area contributed by atoms with Gasteiger partial charge < -0.3 is 11.1 Å². The van der Waals surface area contributed by atoms with Gasteiger partial charge in [-0.1, -0.05) is 6.07 Å². The van der Waals surface area contributed by atoms with Gasteiger partial charge in [-0.15, -0.1) is 0 Å². The number of amides is 2. The highest BCUT2D eigenvalue weighted by Gasteiger charge is 2.30. The van der Waals surface area contributed by atoms with E-state index in [0.717, 1.165) is 18.3 Å². The molecule has 33 heavy (non-hydrogen) atoms. The third-order valence-corrected chi connectivity index (χ3v) is 4.59. The van der Waals surface area contributed by atoms with Crippen molar-refractivity contribution >= 4 is 35.2 Å². The largest absolute Gasteiger partial charge is 0.416 e. The molecule has 13 heteroatoms. The maximum atomic E-state index is 14.7. The summed E-state index contributed by atoms with van der Waals surface area (Å²) in [6.45, 7) is 0. The van der Waals surface area contributed by atoms with Crippen molar-refractivity contribution in [3.05, 3.63) is 66.0 Å². The highest BCUT2D eigenvalue weighted by atomic mass is 19.4. The van der Waals surface area contributed by atoms with Gasteiger partial charge in [-0.25, -0.2) is 23.7 Å². The maximum Gasteiger partial charge on any atom is 0.416 e. The molecule has 0 aliphatic rings. The Hall–Kier alpha value is -4.55. The molecule has 168 valence electrons. The number of pyridine rings is 1. The molecule has 0 aliphatic carbocycles. The van der Waals surface area contributed by atoms with E-state index in [0.29, 0.717) is 23.4 Å². The molecular formula is C20H13F4N7O2. The number of nitrogen functional groups attached to an aromatic ring is 1. The topological polar surface area (TPSA) is 127 Å². The number of benzene rings is 1. The van der Waals surface area contributed by atoms with E-state index < -0.39 is 23.6 Å². The number of carbonyl (C=O) groups excluding carboxylic acids is 2. The molecule has 0 spiro atoms. The van der Waals surface area contributed by atoms with Crippen molar-refractivity contribution in [2.75, 3.05) is 16.4 Å². The SMILES string of the molecule is Nc1ncnn2cc(C=O)c(-c3ccc(NC(=O)Nc4cc(C(F)(F)F)ccn4)c(F)c3)c12. The number of aldehydes is 1. The fourth-order valence-corrected chi connectivity index (χ4v) is 3.16. The first kappa shape index (κ1) is 21.7. The third kappa shape index (κ3) is 4.28. The van der Waals surface area contributed by atoms with Gasteiger partial charge in [-0.2, -0.15) is 18.3 Å². The standard InChI is InChI=1S/C20H13F4N7O2/c21-13-5-10(16-11(8-32)7-31-17(16)18(25)27-9-28-31)1-2-14(13)29-19(33)30-15-6-12(3-4-26-15)20(22,23)24/h1-9H,(H2,25,27,28)(H2,26,29,30,33). The van der Waals surface area contributed by atoms with Crippen LogP contribution in [0.4, 0.5) is 39.7 Å². The van der Waals surface area contributed by atoms with Crippen LogP contribution >= 0.6 is 0 Å². The fraction of sp³-hybridized carbons (Fsp3) is 0.0500. The molecule has 0 bridgehead atoms. The number of anilines is 3. The van der Waals surface area contributed by atoms with Crippen molar-refractivity contribution in [3.63, 3.8) is 0 Å². The Kier molecular flexibility index (Phi) is 5.37. The first-order valence-corrected chi connectivity index (χ1v) is 9.15. The van der Waals surface area contributed by atoms with Gasteiger partial charge in [0.05, 0.1) is 11.3 Å². The van der Waals surface area contributed by atoms with Gasteiger partial charge in [0.25, 0.3) is 0 Å². The third-order valence-electron chi connectivity index (χ3n) is 4.59. The summed E-state index contributed by atoms with van der Waals surface area (Å²) in [6, 6.07) is 4.10. The van der Waals surface area contributed by atoms with Gasteiger partial charge in [-0.3, -0.25) is 10.1 Å². The zero-order valence-electron chi connectivity index (χ0n) is 16.4. The van der Waals surface area contributed by atoms with E-state index in [2.05, 4.69) is 25.7 Å². The van der Waals surface area contributed by atoms with E-state index in [-0.39, 0.29) is 28.5 Å². The second-order valence-electron chi connectivity index (χ2n) is 6.72. The van der Waals surface area contributed by atoms with E-state index in [1.165, 1.54) is 29.2 Å². The highest BCUT2D eigenvalue weighted by Crippen LogP contribution is 2.33.